The summed E-state index contributed by atoms with van der Waals surface area (Å²) in [6, 6.07) is 16.4. The van der Waals surface area contributed by atoms with Crippen molar-refractivity contribution in [3.63, 3.8) is 0 Å². The smallest absolute Gasteiger partial charge is 0.253 e. The molecule has 7 heteroatoms. The van der Waals surface area contributed by atoms with Gasteiger partial charge in [0, 0.05) is 24.7 Å². The van der Waals surface area contributed by atoms with Gasteiger partial charge in [0.2, 0.25) is 5.91 Å². The Hall–Kier alpha value is -3.61. The molecule has 3 aromatic rings. The molecule has 0 spiro atoms. The fourth-order valence-electron chi connectivity index (χ4n) is 2.91. The summed E-state index contributed by atoms with van der Waals surface area (Å²) in [6.45, 7) is 0.678. The number of benzene rings is 2. The first kappa shape index (κ1) is 20.1. The molecular weight excluding hydrogens is 370 g/mol. The Bertz CT molecular complexity index is 1030. The number of carbonyl (C=O) groups is 1. The maximum atomic E-state index is 12.3. The van der Waals surface area contributed by atoms with E-state index >= 15 is 0 Å². The van der Waals surface area contributed by atoms with E-state index in [2.05, 4.69) is 10.3 Å². The van der Waals surface area contributed by atoms with Crippen molar-refractivity contribution in [2.75, 3.05) is 20.8 Å². The zero-order valence-electron chi connectivity index (χ0n) is 16.4. The number of hydrogen-bond acceptors (Lipinski definition) is 5. The van der Waals surface area contributed by atoms with Crippen molar-refractivity contribution in [3.8, 4) is 22.8 Å². The first-order valence-corrected chi connectivity index (χ1v) is 9.20. The van der Waals surface area contributed by atoms with Crippen LogP contribution in [0.3, 0.4) is 0 Å². The minimum Gasteiger partial charge on any atom is -0.493 e. The highest BCUT2D eigenvalue weighted by Gasteiger charge is 2.09. The van der Waals surface area contributed by atoms with Crippen LogP contribution >= 0.6 is 0 Å². The molecule has 1 aromatic heterocycles. The summed E-state index contributed by atoms with van der Waals surface area (Å²) in [4.78, 5) is 28.8. The highest BCUT2D eigenvalue weighted by molar-refractivity contribution is 5.78. The zero-order valence-corrected chi connectivity index (χ0v) is 16.4. The van der Waals surface area contributed by atoms with Gasteiger partial charge in [0.15, 0.2) is 11.5 Å². The molecule has 0 aliphatic carbocycles. The van der Waals surface area contributed by atoms with Crippen molar-refractivity contribution in [2.45, 2.75) is 13.0 Å². The molecule has 0 atom stereocenters. The van der Waals surface area contributed by atoms with Gasteiger partial charge in [-0.1, -0.05) is 36.4 Å². The van der Waals surface area contributed by atoms with Gasteiger partial charge in [0.25, 0.3) is 5.56 Å². The molecule has 0 radical (unpaired) electrons. The maximum Gasteiger partial charge on any atom is 0.253 e. The second-order valence-corrected chi connectivity index (χ2v) is 6.39. The number of aromatic nitrogens is 2. The number of nitrogens with one attached hydrogen (secondary N) is 1. The highest BCUT2D eigenvalue weighted by atomic mass is 16.5. The van der Waals surface area contributed by atoms with Crippen LogP contribution in [0.5, 0.6) is 11.5 Å². The first-order valence-electron chi connectivity index (χ1n) is 9.20. The minimum atomic E-state index is -0.159. The molecule has 0 saturated carbocycles. The molecule has 7 nitrogen and oxygen atoms in total. The van der Waals surface area contributed by atoms with Crippen molar-refractivity contribution in [2.24, 2.45) is 0 Å². The Labute approximate surface area is 168 Å². The number of methoxy groups -OCH3 is 2. The predicted molar refractivity (Wildman–Crippen MR) is 110 cm³/mol. The summed E-state index contributed by atoms with van der Waals surface area (Å²) < 4.78 is 11.9. The van der Waals surface area contributed by atoms with Gasteiger partial charge in [0.05, 0.1) is 32.7 Å². The molecule has 0 bridgehead atoms. The number of amides is 1. The van der Waals surface area contributed by atoms with E-state index in [0.29, 0.717) is 30.3 Å². The predicted octanol–water partition coefficient (Wildman–Crippen LogP) is 2.29. The molecule has 0 unspecified atom stereocenters. The van der Waals surface area contributed by atoms with E-state index in [0.717, 1.165) is 11.1 Å². The fourth-order valence-corrected chi connectivity index (χ4v) is 2.91. The third-order valence-corrected chi connectivity index (χ3v) is 4.44. The average Bonchev–Trinajstić information content (AvgIpc) is 2.75. The van der Waals surface area contributed by atoms with Gasteiger partial charge in [-0.2, -0.15) is 0 Å². The summed E-state index contributed by atoms with van der Waals surface area (Å²) in [5.74, 6) is 1.05. The molecule has 1 heterocycles. The summed E-state index contributed by atoms with van der Waals surface area (Å²) in [7, 11) is 3.12. The van der Waals surface area contributed by atoms with Crippen LogP contribution in [0.4, 0.5) is 0 Å². The van der Waals surface area contributed by atoms with Crippen LogP contribution in [0.1, 0.15) is 5.56 Å². The van der Waals surface area contributed by atoms with E-state index in [4.69, 9.17) is 9.47 Å². The lowest BCUT2D eigenvalue weighted by Gasteiger charge is -2.10. The standard InChI is InChI=1S/C22H23N3O4/c1-28-19-9-8-16(12-20(19)29-2)13-21(26)23-10-11-25-15-24-18(14-22(25)27)17-6-4-3-5-7-17/h3-9,12,14-15H,10-11,13H2,1-2H3,(H,23,26). The molecule has 1 amide bonds. The van der Waals surface area contributed by atoms with Gasteiger partial charge in [-0.25, -0.2) is 4.98 Å². The van der Waals surface area contributed by atoms with Gasteiger partial charge < -0.3 is 14.8 Å². The van der Waals surface area contributed by atoms with Crippen LogP contribution < -0.4 is 20.3 Å². The third-order valence-electron chi connectivity index (χ3n) is 4.44. The van der Waals surface area contributed by atoms with Crippen LogP contribution in [0.2, 0.25) is 0 Å². The summed E-state index contributed by atoms with van der Waals surface area (Å²) in [6.07, 6.45) is 1.71. The van der Waals surface area contributed by atoms with E-state index in [1.807, 2.05) is 36.4 Å². The van der Waals surface area contributed by atoms with Gasteiger partial charge >= 0.3 is 0 Å². The second kappa shape index (κ2) is 9.54. The van der Waals surface area contributed by atoms with Crippen LogP contribution in [-0.2, 0) is 17.8 Å². The van der Waals surface area contributed by atoms with E-state index < -0.39 is 0 Å². The van der Waals surface area contributed by atoms with Crippen LogP contribution in [0, 0.1) is 0 Å². The zero-order chi connectivity index (χ0) is 20.6. The Balaban J connectivity index is 1.55. The monoisotopic (exact) mass is 393 g/mol. The van der Waals surface area contributed by atoms with Crippen LogP contribution in [0.25, 0.3) is 11.3 Å². The van der Waals surface area contributed by atoms with Gasteiger partial charge in [0.1, 0.15) is 0 Å². The van der Waals surface area contributed by atoms with Gasteiger partial charge in [-0.15, -0.1) is 0 Å². The molecule has 0 saturated heterocycles. The normalized spacial score (nSPS) is 10.4. The highest BCUT2D eigenvalue weighted by Crippen LogP contribution is 2.27. The molecular formula is C22H23N3O4. The van der Waals surface area contributed by atoms with Crippen molar-refractivity contribution >= 4 is 5.91 Å². The largest absolute Gasteiger partial charge is 0.493 e. The molecule has 0 fully saturated rings. The lowest BCUT2D eigenvalue weighted by atomic mass is 10.1. The topological polar surface area (TPSA) is 82.5 Å². The average molecular weight is 393 g/mol. The molecule has 2 aromatic carbocycles. The number of ether oxygens (including phenoxy) is 2. The van der Waals surface area contributed by atoms with E-state index in [1.165, 1.54) is 17.0 Å². The fraction of sp³-hybridized carbons (Fsp3) is 0.227. The second-order valence-electron chi connectivity index (χ2n) is 6.39. The Morgan fingerprint density at radius 1 is 1.03 bits per heavy atom. The Morgan fingerprint density at radius 3 is 2.48 bits per heavy atom. The van der Waals surface area contributed by atoms with Crippen molar-refractivity contribution in [1.29, 1.82) is 0 Å². The number of rotatable bonds is 8. The van der Waals surface area contributed by atoms with Gasteiger partial charge in [-0.3, -0.25) is 14.2 Å². The van der Waals surface area contributed by atoms with Crippen molar-refractivity contribution in [1.82, 2.24) is 14.9 Å². The third kappa shape index (κ3) is 5.22. The van der Waals surface area contributed by atoms with Crippen LogP contribution in [-0.4, -0.2) is 36.2 Å². The van der Waals surface area contributed by atoms with E-state index in [9.17, 15) is 9.59 Å². The molecule has 0 aliphatic rings. The van der Waals surface area contributed by atoms with Crippen molar-refractivity contribution in [3.05, 3.63) is 76.8 Å². The van der Waals surface area contributed by atoms with Crippen LogP contribution in [0.15, 0.2) is 65.7 Å². The quantitative estimate of drug-likeness (QED) is 0.635. The molecule has 29 heavy (non-hydrogen) atoms. The summed E-state index contributed by atoms with van der Waals surface area (Å²) in [5.41, 5.74) is 2.17. The first-order chi connectivity index (χ1) is 14.1. The number of nitrogens with zero attached hydrogens (tertiary/aromatic N) is 2. The molecule has 3 rings (SSSR count). The maximum absolute atomic E-state index is 12.3. The van der Waals surface area contributed by atoms with E-state index in [-0.39, 0.29) is 17.9 Å². The SMILES string of the molecule is COc1ccc(CC(=O)NCCn2cnc(-c3ccccc3)cc2=O)cc1OC. The summed E-state index contributed by atoms with van der Waals surface area (Å²) in [5, 5.41) is 2.82. The molecule has 150 valence electrons. The molecule has 1 N–H and O–H groups in total. The van der Waals surface area contributed by atoms with Crippen molar-refractivity contribution < 1.29 is 14.3 Å². The number of carbonyl (C=O) groups excluding carboxylic acids is 1. The van der Waals surface area contributed by atoms with Gasteiger partial charge in [-0.05, 0) is 17.7 Å². The minimum absolute atomic E-state index is 0.140. The Morgan fingerprint density at radius 2 is 1.79 bits per heavy atom. The lowest BCUT2D eigenvalue weighted by molar-refractivity contribution is -0.120. The lowest BCUT2D eigenvalue weighted by Crippen LogP contribution is -2.31. The molecule has 0 aliphatic heterocycles. The van der Waals surface area contributed by atoms with E-state index in [1.54, 1.807) is 26.4 Å². The summed E-state index contributed by atoms with van der Waals surface area (Å²) >= 11 is 0. The number of hydrogen-bond donors (Lipinski definition) is 1. The Kier molecular flexibility index (Phi) is 6.63.